The summed E-state index contributed by atoms with van der Waals surface area (Å²) < 4.78 is 0. The lowest BCUT2D eigenvalue weighted by molar-refractivity contribution is -0.125. The molecule has 106 valence electrons. The SMILES string of the molecule is CCCNc1nc(Cl)nc(NCC(C)(C)C(N)=O)n1. The molecule has 1 rings (SSSR count). The lowest BCUT2D eigenvalue weighted by Gasteiger charge is -2.20. The molecule has 1 aromatic heterocycles. The first-order valence-corrected chi connectivity index (χ1v) is 6.42. The number of nitrogens with two attached hydrogens (primary N) is 1. The van der Waals surface area contributed by atoms with E-state index in [-0.39, 0.29) is 5.28 Å². The Labute approximate surface area is 117 Å². The maximum atomic E-state index is 11.2. The van der Waals surface area contributed by atoms with E-state index < -0.39 is 11.3 Å². The van der Waals surface area contributed by atoms with Crippen molar-refractivity contribution in [2.45, 2.75) is 27.2 Å². The van der Waals surface area contributed by atoms with Crippen LogP contribution in [0.2, 0.25) is 5.28 Å². The van der Waals surface area contributed by atoms with Crippen molar-refractivity contribution in [3.63, 3.8) is 0 Å². The van der Waals surface area contributed by atoms with Gasteiger partial charge in [0.05, 0.1) is 5.41 Å². The Morgan fingerprint density at radius 3 is 2.37 bits per heavy atom. The number of carbonyl (C=O) groups is 1. The maximum Gasteiger partial charge on any atom is 0.228 e. The lowest BCUT2D eigenvalue weighted by atomic mass is 9.93. The number of anilines is 2. The molecule has 0 atom stereocenters. The topological polar surface area (TPSA) is 106 Å². The molecule has 0 saturated heterocycles. The van der Waals surface area contributed by atoms with Gasteiger partial charge in [0.2, 0.25) is 23.1 Å². The molecule has 0 fully saturated rings. The summed E-state index contributed by atoms with van der Waals surface area (Å²) in [7, 11) is 0. The van der Waals surface area contributed by atoms with Crippen LogP contribution in [-0.4, -0.2) is 33.9 Å². The molecule has 1 heterocycles. The smallest absolute Gasteiger partial charge is 0.228 e. The van der Waals surface area contributed by atoms with Gasteiger partial charge in [-0.3, -0.25) is 4.79 Å². The quantitative estimate of drug-likeness (QED) is 0.697. The first-order chi connectivity index (χ1) is 8.85. The van der Waals surface area contributed by atoms with E-state index in [1.807, 2.05) is 6.92 Å². The fourth-order valence-corrected chi connectivity index (χ4v) is 1.29. The Balaban J connectivity index is 2.73. The number of aromatic nitrogens is 3. The average Bonchev–Trinajstić information content (AvgIpc) is 2.33. The molecule has 8 heteroatoms. The summed E-state index contributed by atoms with van der Waals surface area (Å²) in [4.78, 5) is 23.3. The number of hydrogen-bond acceptors (Lipinski definition) is 6. The number of carbonyl (C=O) groups excluding carboxylic acids is 1. The predicted molar refractivity (Wildman–Crippen MR) is 75.1 cm³/mol. The monoisotopic (exact) mass is 286 g/mol. The second-order valence-corrected chi connectivity index (χ2v) is 5.12. The van der Waals surface area contributed by atoms with Gasteiger partial charge in [-0.05, 0) is 31.9 Å². The van der Waals surface area contributed by atoms with Crippen molar-refractivity contribution in [3.8, 4) is 0 Å². The summed E-state index contributed by atoms with van der Waals surface area (Å²) >= 11 is 5.81. The van der Waals surface area contributed by atoms with E-state index >= 15 is 0 Å². The highest BCUT2D eigenvalue weighted by Gasteiger charge is 2.25. The molecule has 0 aliphatic heterocycles. The molecule has 0 unspecified atom stereocenters. The molecule has 0 saturated carbocycles. The Kier molecular flexibility index (Phi) is 5.29. The molecule has 1 amide bonds. The van der Waals surface area contributed by atoms with Crippen molar-refractivity contribution in [1.29, 1.82) is 0 Å². The zero-order valence-electron chi connectivity index (χ0n) is 11.3. The van der Waals surface area contributed by atoms with Gasteiger partial charge >= 0.3 is 0 Å². The second-order valence-electron chi connectivity index (χ2n) is 4.78. The molecule has 4 N–H and O–H groups in total. The van der Waals surface area contributed by atoms with E-state index in [9.17, 15) is 4.79 Å². The molecule has 1 aromatic rings. The first kappa shape index (κ1) is 15.4. The third-order valence-corrected chi connectivity index (χ3v) is 2.67. The van der Waals surface area contributed by atoms with E-state index in [2.05, 4.69) is 25.6 Å². The zero-order valence-corrected chi connectivity index (χ0v) is 12.1. The predicted octanol–water partition coefficient (Wildman–Crippen LogP) is 1.27. The summed E-state index contributed by atoms with van der Waals surface area (Å²) in [6.45, 7) is 6.57. The average molecular weight is 287 g/mol. The van der Waals surface area contributed by atoms with Crippen LogP contribution < -0.4 is 16.4 Å². The third-order valence-electron chi connectivity index (χ3n) is 2.50. The van der Waals surface area contributed by atoms with Crippen molar-refractivity contribution in [2.24, 2.45) is 11.1 Å². The maximum absolute atomic E-state index is 11.2. The normalized spacial score (nSPS) is 11.2. The highest BCUT2D eigenvalue weighted by atomic mass is 35.5. The van der Waals surface area contributed by atoms with E-state index in [1.165, 1.54) is 0 Å². The van der Waals surface area contributed by atoms with Crippen LogP contribution in [0.1, 0.15) is 27.2 Å². The van der Waals surface area contributed by atoms with Crippen LogP contribution in [-0.2, 0) is 4.79 Å². The number of hydrogen-bond donors (Lipinski definition) is 3. The number of nitrogens with zero attached hydrogens (tertiary/aromatic N) is 3. The van der Waals surface area contributed by atoms with Crippen LogP contribution in [0.4, 0.5) is 11.9 Å². The molecule has 0 aromatic carbocycles. The van der Waals surface area contributed by atoms with Crippen LogP contribution in [0.25, 0.3) is 0 Å². The minimum Gasteiger partial charge on any atom is -0.369 e. The number of primary amides is 1. The van der Waals surface area contributed by atoms with Gasteiger partial charge in [0.15, 0.2) is 0 Å². The Morgan fingerprint density at radius 1 is 1.26 bits per heavy atom. The highest BCUT2D eigenvalue weighted by Crippen LogP contribution is 2.16. The van der Waals surface area contributed by atoms with Crippen LogP contribution in [0, 0.1) is 5.41 Å². The first-order valence-electron chi connectivity index (χ1n) is 6.04. The Bertz CT molecular complexity index is 451. The largest absolute Gasteiger partial charge is 0.369 e. The summed E-state index contributed by atoms with van der Waals surface area (Å²) in [6, 6.07) is 0. The van der Waals surface area contributed by atoms with E-state index in [1.54, 1.807) is 13.8 Å². The molecular formula is C11H19ClN6O. The molecule has 0 radical (unpaired) electrons. The van der Waals surface area contributed by atoms with E-state index in [4.69, 9.17) is 17.3 Å². The Morgan fingerprint density at radius 2 is 1.84 bits per heavy atom. The minimum atomic E-state index is -0.698. The second kappa shape index (κ2) is 6.51. The Hall–Kier alpha value is -1.63. The van der Waals surface area contributed by atoms with Gasteiger partial charge in [-0.1, -0.05) is 6.92 Å². The molecule has 0 spiro atoms. The van der Waals surface area contributed by atoms with Crippen molar-refractivity contribution < 1.29 is 4.79 Å². The van der Waals surface area contributed by atoms with E-state index in [0.29, 0.717) is 18.4 Å². The number of halogens is 1. The van der Waals surface area contributed by atoms with Gasteiger partial charge < -0.3 is 16.4 Å². The van der Waals surface area contributed by atoms with Crippen molar-refractivity contribution >= 4 is 29.4 Å². The van der Waals surface area contributed by atoms with Gasteiger partial charge in [0.25, 0.3) is 0 Å². The van der Waals surface area contributed by atoms with Gasteiger partial charge in [0, 0.05) is 13.1 Å². The van der Waals surface area contributed by atoms with Gasteiger partial charge in [-0.25, -0.2) is 0 Å². The molecular weight excluding hydrogens is 268 g/mol. The number of rotatable bonds is 7. The standard InChI is InChI=1S/C11H19ClN6O/c1-4-5-14-9-16-8(12)17-10(18-9)15-6-11(2,3)7(13)19/h4-6H2,1-3H3,(H2,13,19)(H2,14,15,16,17,18). The van der Waals surface area contributed by atoms with Gasteiger partial charge in [0.1, 0.15) is 0 Å². The molecule has 0 aliphatic rings. The van der Waals surface area contributed by atoms with Crippen molar-refractivity contribution in [3.05, 3.63) is 5.28 Å². The van der Waals surface area contributed by atoms with Crippen LogP contribution in [0.3, 0.4) is 0 Å². The molecule has 0 aliphatic carbocycles. The lowest BCUT2D eigenvalue weighted by Crippen LogP contribution is -2.37. The summed E-state index contributed by atoms with van der Waals surface area (Å²) in [5, 5.41) is 6.04. The summed E-state index contributed by atoms with van der Waals surface area (Å²) in [5.74, 6) is 0.318. The summed E-state index contributed by atoms with van der Waals surface area (Å²) in [5.41, 5.74) is 4.59. The number of amides is 1. The molecule has 7 nitrogen and oxygen atoms in total. The van der Waals surface area contributed by atoms with Crippen molar-refractivity contribution in [1.82, 2.24) is 15.0 Å². The van der Waals surface area contributed by atoms with E-state index in [0.717, 1.165) is 13.0 Å². The fraction of sp³-hybridized carbons (Fsp3) is 0.636. The molecule has 19 heavy (non-hydrogen) atoms. The molecule has 0 bridgehead atoms. The van der Waals surface area contributed by atoms with Gasteiger partial charge in [-0.15, -0.1) is 0 Å². The van der Waals surface area contributed by atoms with Crippen LogP contribution >= 0.6 is 11.6 Å². The van der Waals surface area contributed by atoms with Crippen LogP contribution in [0.15, 0.2) is 0 Å². The highest BCUT2D eigenvalue weighted by molar-refractivity contribution is 6.28. The fourth-order valence-electron chi connectivity index (χ4n) is 1.13. The minimum absolute atomic E-state index is 0.0907. The zero-order chi connectivity index (χ0) is 14.5. The van der Waals surface area contributed by atoms with Crippen molar-refractivity contribution in [2.75, 3.05) is 23.7 Å². The number of nitrogens with one attached hydrogen (secondary N) is 2. The van der Waals surface area contributed by atoms with Gasteiger partial charge in [-0.2, -0.15) is 15.0 Å². The summed E-state index contributed by atoms with van der Waals surface area (Å²) in [6.07, 6.45) is 0.945. The third kappa shape index (κ3) is 4.86. The van der Waals surface area contributed by atoms with Crippen LogP contribution in [0.5, 0.6) is 0 Å².